The Morgan fingerprint density at radius 1 is 1.17 bits per heavy atom. The van der Waals surface area contributed by atoms with Crippen LogP contribution in [0.25, 0.3) is 6.08 Å². The van der Waals surface area contributed by atoms with E-state index < -0.39 is 5.91 Å². The van der Waals surface area contributed by atoms with E-state index in [0.29, 0.717) is 11.4 Å². The van der Waals surface area contributed by atoms with E-state index in [2.05, 4.69) is 5.32 Å². The van der Waals surface area contributed by atoms with Gasteiger partial charge in [0.1, 0.15) is 5.75 Å². The smallest absolute Gasteiger partial charge is 0.248 e. The first-order chi connectivity index (χ1) is 11.6. The Labute approximate surface area is 144 Å². The standard InChI is InChI=1S/C18H18N2O3S/c1-23-15-8-4-2-6-13(15)10-11-18(22)20-14-7-3-5-9-16(14)24-12-17(19)21/h2-11H,12H2,1H3,(H2,19,21)(H,20,22)/b11-10+. The lowest BCUT2D eigenvalue weighted by Crippen LogP contribution is -2.13. The maximum atomic E-state index is 12.1. The molecule has 0 aliphatic heterocycles. The number of carbonyl (C=O) groups is 2. The van der Waals surface area contributed by atoms with Crippen LogP contribution in [0.4, 0.5) is 5.69 Å². The highest BCUT2D eigenvalue weighted by Gasteiger charge is 2.06. The zero-order valence-electron chi connectivity index (χ0n) is 13.2. The summed E-state index contributed by atoms with van der Waals surface area (Å²) < 4.78 is 5.24. The summed E-state index contributed by atoms with van der Waals surface area (Å²) >= 11 is 1.28. The predicted octanol–water partition coefficient (Wildman–Crippen LogP) is 2.92. The Kier molecular flexibility index (Phi) is 6.45. The Morgan fingerprint density at radius 2 is 1.88 bits per heavy atom. The van der Waals surface area contributed by atoms with Crippen molar-refractivity contribution in [1.82, 2.24) is 0 Å². The third kappa shape index (κ3) is 5.17. The van der Waals surface area contributed by atoms with E-state index in [0.717, 1.165) is 10.5 Å². The number of nitrogens with two attached hydrogens (primary N) is 1. The fourth-order valence-corrected chi connectivity index (χ4v) is 2.74. The number of amides is 2. The molecule has 0 radical (unpaired) electrons. The van der Waals surface area contributed by atoms with Crippen LogP contribution in [-0.2, 0) is 9.59 Å². The highest BCUT2D eigenvalue weighted by atomic mass is 32.2. The summed E-state index contributed by atoms with van der Waals surface area (Å²) in [5, 5.41) is 2.80. The Bertz CT molecular complexity index is 759. The van der Waals surface area contributed by atoms with Crippen molar-refractivity contribution in [2.24, 2.45) is 5.73 Å². The molecule has 6 heteroatoms. The Morgan fingerprint density at radius 3 is 2.62 bits per heavy atom. The van der Waals surface area contributed by atoms with Gasteiger partial charge in [0.25, 0.3) is 0 Å². The number of anilines is 1. The first kappa shape index (κ1) is 17.6. The number of hydrogen-bond acceptors (Lipinski definition) is 4. The zero-order chi connectivity index (χ0) is 17.4. The first-order valence-electron chi connectivity index (χ1n) is 7.22. The summed E-state index contributed by atoms with van der Waals surface area (Å²) in [6, 6.07) is 14.7. The molecule has 0 saturated heterocycles. The molecule has 2 aromatic carbocycles. The number of primary amides is 1. The minimum absolute atomic E-state index is 0.157. The van der Waals surface area contributed by atoms with Gasteiger partial charge >= 0.3 is 0 Å². The van der Waals surface area contributed by atoms with Crippen molar-refractivity contribution in [1.29, 1.82) is 0 Å². The predicted molar refractivity (Wildman–Crippen MR) is 97.0 cm³/mol. The van der Waals surface area contributed by atoms with E-state index in [1.807, 2.05) is 42.5 Å². The molecule has 2 amide bonds. The van der Waals surface area contributed by atoms with Crippen LogP contribution >= 0.6 is 11.8 Å². The number of carbonyl (C=O) groups excluding carboxylic acids is 2. The lowest BCUT2D eigenvalue weighted by atomic mass is 10.2. The van der Waals surface area contributed by atoms with Crippen LogP contribution in [0.5, 0.6) is 5.75 Å². The van der Waals surface area contributed by atoms with Crippen molar-refractivity contribution in [3.8, 4) is 5.75 Å². The van der Waals surface area contributed by atoms with Crippen LogP contribution in [0.15, 0.2) is 59.5 Å². The molecule has 0 unspecified atom stereocenters. The molecule has 24 heavy (non-hydrogen) atoms. The number of thioether (sulfide) groups is 1. The van der Waals surface area contributed by atoms with E-state index in [1.54, 1.807) is 19.3 Å². The topological polar surface area (TPSA) is 81.4 Å². The molecular formula is C18H18N2O3S. The quantitative estimate of drug-likeness (QED) is 0.599. The molecule has 124 valence electrons. The molecule has 0 aliphatic carbocycles. The summed E-state index contributed by atoms with van der Waals surface area (Å²) in [4.78, 5) is 23.8. The average Bonchev–Trinajstić information content (AvgIpc) is 2.59. The Hall–Kier alpha value is -2.73. The molecule has 2 aromatic rings. The minimum Gasteiger partial charge on any atom is -0.496 e. The third-order valence-corrected chi connectivity index (χ3v) is 4.16. The van der Waals surface area contributed by atoms with E-state index in [1.165, 1.54) is 17.8 Å². The number of nitrogens with one attached hydrogen (secondary N) is 1. The van der Waals surface area contributed by atoms with Crippen LogP contribution in [-0.4, -0.2) is 24.7 Å². The van der Waals surface area contributed by atoms with Gasteiger partial charge in [-0.2, -0.15) is 0 Å². The molecule has 2 rings (SSSR count). The normalized spacial score (nSPS) is 10.5. The van der Waals surface area contributed by atoms with Crippen molar-refractivity contribution >= 4 is 35.3 Å². The average molecular weight is 342 g/mol. The monoisotopic (exact) mass is 342 g/mol. The molecular weight excluding hydrogens is 324 g/mol. The van der Waals surface area contributed by atoms with Crippen LogP contribution in [0.2, 0.25) is 0 Å². The lowest BCUT2D eigenvalue weighted by molar-refractivity contribution is -0.115. The number of hydrogen-bond donors (Lipinski definition) is 2. The van der Waals surface area contributed by atoms with Crippen molar-refractivity contribution in [3.63, 3.8) is 0 Å². The third-order valence-electron chi connectivity index (χ3n) is 3.07. The molecule has 0 aliphatic rings. The second kappa shape index (κ2) is 8.79. The SMILES string of the molecule is COc1ccccc1/C=C/C(=O)Nc1ccccc1SCC(N)=O. The van der Waals surface area contributed by atoms with Gasteiger partial charge in [-0.05, 0) is 24.3 Å². The molecule has 3 N–H and O–H groups in total. The molecule has 0 bridgehead atoms. The second-order valence-electron chi connectivity index (χ2n) is 4.82. The lowest BCUT2D eigenvalue weighted by Gasteiger charge is -2.08. The number of methoxy groups -OCH3 is 1. The van der Waals surface area contributed by atoms with Gasteiger partial charge < -0.3 is 15.8 Å². The van der Waals surface area contributed by atoms with E-state index in [4.69, 9.17) is 10.5 Å². The van der Waals surface area contributed by atoms with E-state index >= 15 is 0 Å². The van der Waals surface area contributed by atoms with Crippen molar-refractivity contribution < 1.29 is 14.3 Å². The van der Waals surface area contributed by atoms with Crippen LogP contribution in [0.1, 0.15) is 5.56 Å². The van der Waals surface area contributed by atoms with Crippen LogP contribution in [0, 0.1) is 0 Å². The fraction of sp³-hybridized carbons (Fsp3) is 0.111. The molecule has 0 atom stereocenters. The van der Waals surface area contributed by atoms with Crippen molar-refractivity contribution in [2.45, 2.75) is 4.90 Å². The van der Waals surface area contributed by atoms with Gasteiger partial charge in [-0.25, -0.2) is 0 Å². The van der Waals surface area contributed by atoms with Gasteiger partial charge in [0.2, 0.25) is 11.8 Å². The summed E-state index contributed by atoms with van der Waals surface area (Å²) in [5.41, 5.74) is 6.61. The van der Waals surface area contributed by atoms with Crippen LogP contribution in [0.3, 0.4) is 0 Å². The van der Waals surface area contributed by atoms with Crippen LogP contribution < -0.4 is 15.8 Å². The molecule has 0 fully saturated rings. The fourth-order valence-electron chi connectivity index (χ4n) is 1.99. The van der Waals surface area contributed by atoms with Gasteiger partial charge in [-0.15, -0.1) is 11.8 Å². The van der Waals surface area contributed by atoms with Gasteiger partial charge in [-0.1, -0.05) is 30.3 Å². The summed E-state index contributed by atoms with van der Waals surface area (Å²) in [5.74, 6) is 0.174. The molecule has 0 heterocycles. The van der Waals surface area contributed by atoms with E-state index in [-0.39, 0.29) is 11.7 Å². The number of benzene rings is 2. The highest BCUT2D eigenvalue weighted by Crippen LogP contribution is 2.26. The van der Waals surface area contributed by atoms with Crippen molar-refractivity contribution in [3.05, 3.63) is 60.2 Å². The first-order valence-corrected chi connectivity index (χ1v) is 8.21. The van der Waals surface area contributed by atoms with Crippen molar-refractivity contribution in [2.75, 3.05) is 18.2 Å². The van der Waals surface area contributed by atoms with E-state index in [9.17, 15) is 9.59 Å². The van der Waals surface area contributed by atoms with Gasteiger partial charge in [-0.3, -0.25) is 9.59 Å². The minimum atomic E-state index is -0.405. The molecule has 0 aromatic heterocycles. The largest absolute Gasteiger partial charge is 0.496 e. The number of rotatable bonds is 7. The number of ether oxygens (including phenoxy) is 1. The Balaban J connectivity index is 2.07. The molecule has 0 saturated carbocycles. The zero-order valence-corrected chi connectivity index (χ0v) is 14.0. The van der Waals surface area contributed by atoms with Gasteiger partial charge in [0.15, 0.2) is 0 Å². The van der Waals surface area contributed by atoms with Gasteiger partial charge in [0.05, 0.1) is 18.6 Å². The molecule has 5 nitrogen and oxygen atoms in total. The molecule has 0 spiro atoms. The summed E-state index contributed by atoms with van der Waals surface area (Å²) in [7, 11) is 1.58. The summed E-state index contributed by atoms with van der Waals surface area (Å²) in [6.07, 6.45) is 3.13. The number of para-hydroxylation sites is 2. The maximum Gasteiger partial charge on any atom is 0.248 e. The summed E-state index contributed by atoms with van der Waals surface area (Å²) in [6.45, 7) is 0. The second-order valence-corrected chi connectivity index (χ2v) is 5.83. The highest BCUT2D eigenvalue weighted by molar-refractivity contribution is 8.00. The van der Waals surface area contributed by atoms with Gasteiger partial charge in [0, 0.05) is 16.5 Å². The maximum absolute atomic E-state index is 12.1.